The summed E-state index contributed by atoms with van der Waals surface area (Å²) in [6.07, 6.45) is 4.19. The minimum Gasteiger partial charge on any atom is -0.399 e. The Kier molecular flexibility index (Phi) is 8.06. The van der Waals surface area contributed by atoms with E-state index < -0.39 is 0 Å². The van der Waals surface area contributed by atoms with Gasteiger partial charge in [-0.15, -0.1) is 12.4 Å². The number of carbonyl (C=O) groups is 1. The van der Waals surface area contributed by atoms with Crippen molar-refractivity contribution in [1.82, 2.24) is 5.32 Å². The third-order valence-corrected chi connectivity index (χ3v) is 5.39. The van der Waals surface area contributed by atoms with Crippen LogP contribution in [0.3, 0.4) is 0 Å². The van der Waals surface area contributed by atoms with Crippen molar-refractivity contribution < 1.29 is 4.79 Å². The molecule has 0 fully saturated rings. The number of aryl methyl sites for hydroxylation is 1. The highest BCUT2D eigenvalue weighted by Crippen LogP contribution is 2.29. The summed E-state index contributed by atoms with van der Waals surface area (Å²) in [5.41, 5.74) is 7.99. The van der Waals surface area contributed by atoms with Gasteiger partial charge in [-0.3, -0.25) is 4.79 Å². The van der Waals surface area contributed by atoms with Crippen molar-refractivity contribution in [3.63, 3.8) is 0 Å². The summed E-state index contributed by atoms with van der Waals surface area (Å²) in [5.74, 6) is -0.0369. The van der Waals surface area contributed by atoms with Gasteiger partial charge in [-0.05, 0) is 43.7 Å². The van der Waals surface area contributed by atoms with Crippen LogP contribution >= 0.6 is 24.2 Å². The molecule has 3 N–H and O–H groups in total. The highest BCUT2D eigenvalue weighted by Gasteiger charge is 2.25. The number of nitrogens with two attached hydrogens (primary N) is 1. The summed E-state index contributed by atoms with van der Waals surface area (Å²) in [5, 5.41) is 3.05. The second-order valence-corrected chi connectivity index (χ2v) is 6.13. The van der Waals surface area contributed by atoms with Gasteiger partial charge < -0.3 is 11.1 Å². The van der Waals surface area contributed by atoms with Gasteiger partial charge in [0.15, 0.2) is 0 Å². The summed E-state index contributed by atoms with van der Waals surface area (Å²) >= 11 is 1.82. The molecule has 0 spiro atoms. The molecule has 1 aromatic rings. The third kappa shape index (κ3) is 4.60. The van der Waals surface area contributed by atoms with E-state index in [0.29, 0.717) is 17.8 Å². The van der Waals surface area contributed by atoms with E-state index >= 15 is 0 Å². The van der Waals surface area contributed by atoms with Crippen LogP contribution in [0.15, 0.2) is 18.2 Å². The summed E-state index contributed by atoms with van der Waals surface area (Å²) in [4.78, 5) is 12.2. The molecule has 20 heavy (non-hydrogen) atoms. The van der Waals surface area contributed by atoms with Gasteiger partial charge in [-0.25, -0.2) is 0 Å². The molecular weight excluding hydrogens is 292 g/mol. The predicted octanol–water partition coefficient (Wildman–Crippen LogP) is 3.65. The number of amides is 1. The Morgan fingerprint density at radius 3 is 2.45 bits per heavy atom. The fourth-order valence-corrected chi connectivity index (χ4v) is 2.88. The number of anilines is 1. The monoisotopic (exact) mass is 316 g/mol. The van der Waals surface area contributed by atoms with Crippen LogP contribution in [-0.4, -0.2) is 23.5 Å². The molecule has 3 nitrogen and oxygen atoms in total. The standard InChI is InChI=1S/C15H24N2OS.ClH/c1-5-15(6-2,19-4)10-17-14(18)13-9-12(16)8-7-11(13)3;/h7-9H,5-6,10,16H2,1-4H3,(H,17,18);1H. The van der Waals surface area contributed by atoms with E-state index in [1.165, 1.54) is 0 Å². The summed E-state index contributed by atoms with van der Waals surface area (Å²) in [7, 11) is 0. The van der Waals surface area contributed by atoms with Crippen molar-refractivity contribution in [2.45, 2.75) is 38.4 Å². The van der Waals surface area contributed by atoms with Crippen molar-refractivity contribution in [2.75, 3.05) is 18.5 Å². The van der Waals surface area contributed by atoms with Gasteiger partial charge in [0.2, 0.25) is 0 Å². The average Bonchev–Trinajstić information content (AvgIpc) is 2.43. The molecular formula is C15H25ClN2OS. The van der Waals surface area contributed by atoms with Crippen LogP contribution < -0.4 is 11.1 Å². The predicted molar refractivity (Wildman–Crippen MR) is 92.0 cm³/mol. The van der Waals surface area contributed by atoms with Crippen LogP contribution in [-0.2, 0) is 0 Å². The first-order chi connectivity index (χ1) is 8.98. The first-order valence-electron chi connectivity index (χ1n) is 6.67. The number of nitrogens with one attached hydrogen (secondary N) is 1. The lowest BCUT2D eigenvalue weighted by atomic mass is 10.0. The topological polar surface area (TPSA) is 55.1 Å². The van der Waals surface area contributed by atoms with E-state index in [9.17, 15) is 4.79 Å². The molecule has 0 aliphatic rings. The van der Waals surface area contributed by atoms with E-state index in [-0.39, 0.29) is 23.1 Å². The molecule has 0 aliphatic carbocycles. The Labute approximate surface area is 132 Å². The van der Waals surface area contributed by atoms with Crippen LogP contribution in [0.1, 0.15) is 42.6 Å². The Morgan fingerprint density at radius 1 is 1.35 bits per heavy atom. The lowest BCUT2D eigenvalue weighted by Crippen LogP contribution is -2.39. The maximum Gasteiger partial charge on any atom is 0.251 e. The van der Waals surface area contributed by atoms with Gasteiger partial charge in [0.25, 0.3) is 5.91 Å². The van der Waals surface area contributed by atoms with Crippen LogP contribution in [0.4, 0.5) is 5.69 Å². The fraction of sp³-hybridized carbons (Fsp3) is 0.533. The molecule has 5 heteroatoms. The molecule has 0 unspecified atom stereocenters. The molecule has 114 valence electrons. The Bertz CT molecular complexity index is 439. The third-order valence-electron chi connectivity index (χ3n) is 3.80. The number of benzene rings is 1. The van der Waals surface area contributed by atoms with Crippen molar-refractivity contribution in [3.8, 4) is 0 Å². The molecule has 1 amide bonds. The number of carbonyl (C=O) groups excluding carboxylic acids is 1. The zero-order chi connectivity index (χ0) is 14.5. The fourth-order valence-electron chi connectivity index (χ4n) is 2.08. The van der Waals surface area contributed by atoms with E-state index in [4.69, 9.17) is 5.73 Å². The number of thioether (sulfide) groups is 1. The normalized spacial score (nSPS) is 10.8. The smallest absolute Gasteiger partial charge is 0.251 e. The molecule has 0 saturated heterocycles. The number of rotatable bonds is 6. The van der Waals surface area contributed by atoms with Gasteiger partial charge in [0.1, 0.15) is 0 Å². The second kappa shape index (κ2) is 8.42. The second-order valence-electron chi connectivity index (χ2n) is 4.85. The number of hydrogen-bond acceptors (Lipinski definition) is 3. The number of hydrogen-bond donors (Lipinski definition) is 2. The molecule has 0 aromatic heterocycles. The zero-order valence-corrected chi connectivity index (χ0v) is 14.3. The first-order valence-corrected chi connectivity index (χ1v) is 7.90. The van der Waals surface area contributed by atoms with Crippen molar-refractivity contribution in [2.24, 2.45) is 0 Å². The minimum absolute atomic E-state index is 0. The van der Waals surface area contributed by atoms with Gasteiger partial charge in [0, 0.05) is 22.5 Å². The maximum absolute atomic E-state index is 12.2. The summed E-state index contributed by atoms with van der Waals surface area (Å²) in [6.45, 7) is 6.94. The molecule has 0 radical (unpaired) electrons. The van der Waals surface area contributed by atoms with Crippen molar-refractivity contribution in [3.05, 3.63) is 29.3 Å². The molecule has 0 bridgehead atoms. The molecule has 0 aliphatic heterocycles. The number of nitrogen functional groups attached to an aromatic ring is 1. The molecule has 1 rings (SSSR count). The lowest BCUT2D eigenvalue weighted by Gasteiger charge is -2.29. The van der Waals surface area contributed by atoms with E-state index in [0.717, 1.165) is 18.4 Å². The summed E-state index contributed by atoms with van der Waals surface area (Å²) in [6, 6.07) is 5.44. The maximum atomic E-state index is 12.2. The first kappa shape index (κ1) is 19.1. The van der Waals surface area contributed by atoms with Crippen molar-refractivity contribution in [1.29, 1.82) is 0 Å². The number of halogens is 1. The Morgan fingerprint density at radius 2 is 1.95 bits per heavy atom. The summed E-state index contributed by atoms with van der Waals surface area (Å²) < 4.78 is 0.129. The van der Waals surface area contributed by atoms with E-state index in [2.05, 4.69) is 25.4 Å². The molecule has 0 saturated carbocycles. The van der Waals surface area contributed by atoms with E-state index in [1.807, 2.05) is 30.8 Å². The largest absolute Gasteiger partial charge is 0.399 e. The zero-order valence-electron chi connectivity index (χ0n) is 12.7. The minimum atomic E-state index is -0.0369. The molecule has 0 atom stereocenters. The van der Waals surface area contributed by atoms with Crippen LogP contribution in [0.2, 0.25) is 0 Å². The lowest BCUT2D eigenvalue weighted by molar-refractivity contribution is 0.0948. The van der Waals surface area contributed by atoms with Gasteiger partial charge in [0.05, 0.1) is 0 Å². The highest BCUT2D eigenvalue weighted by atomic mass is 35.5. The van der Waals surface area contributed by atoms with Crippen LogP contribution in [0, 0.1) is 6.92 Å². The van der Waals surface area contributed by atoms with Gasteiger partial charge in [-0.1, -0.05) is 19.9 Å². The SMILES string of the molecule is CCC(CC)(CNC(=O)c1cc(N)ccc1C)SC.Cl. The Balaban J connectivity index is 0.00000361. The highest BCUT2D eigenvalue weighted by molar-refractivity contribution is 8.00. The Hall–Kier alpha value is -0.870. The van der Waals surface area contributed by atoms with Crippen LogP contribution in [0.5, 0.6) is 0 Å². The van der Waals surface area contributed by atoms with Crippen molar-refractivity contribution >= 4 is 35.8 Å². The van der Waals surface area contributed by atoms with Crippen LogP contribution in [0.25, 0.3) is 0 Å². The quantitative estimate of drug-likeness (QED) is 0.788. The average molecular weight is 317 g/mol. The molecule has 1 aromatic carbocycles. The molecule has 0 heterocycles. The van der Waals surface area contributed by atoms with Gasteiger partial charge in [-0.2, -0.15) is 11.8 Å². The van der Waals surface area contributed by atoms with Gasteiger partial charge >= 0.3 is 0 Å². The van der Waals surface area contributed by atoms with E-state index in [1.54, 1.807) is 6.07 Å².